The van der Waals surface area contributed by atoms with Crippen LogP contribution < -0.4 is 14.8 Å². The second-order valence-corrected chi connectivity index (χ2v) is 8.17. The maximum atomic E-state index is 12.5. The minimum Gasteiger partial charge on any atom is -0.491 e. The van der Waals surface area contributed by atoms with Crippen molar-refractivity contribution < 1.29 is 14.3 Å². The summed E-state index contributed by atoms with van der Waals surface area (Å²) in [5.41, 5.74) is 3.30. The molecule has 0 unspecified atom stereocenters. The largest absolute Gasteiger partial charge is 0.491 e. The normalized spacial score (nSPS) is 12.4. The second kappa shape index (κ2) is 9.63. The summed E-state index contributed by atoms with van der Waals surface area (Å²) in [6.07, 6.45) is 0.0924. The molecule has 0 radical (unpaired) electrons. The lowest BCUT2D eigenvalue weighted by atomic mass is 9.86. The van der Waals surface area contributed by atoms with Crippen molar-refractivity contribution in [2.45, 2.75) is 59.5 Å². The van der Waals surface area contributed by atoms with Crippen molar-refractivity contribution in [1.82, 2.24) is 5.32 Å². The van der Waals surface area contributed by atoms with Crippen LogP contribution in [0.4, 0.5) is 0 Å². The highest BCUT2D eigenvalue weighted by atomic mass is 16.5. The first-order valence-electron chi connectivity index (χ1n) is 9.96. The average molecular weight is 384 g/mol. The molecule has 0 saturated heterocycles. The van der Waals surface area contributed by atoms with Crippen molar-refractivity contribution >= 4 is 5.91 Å². The van der Waals surface area contributed by atoms with E-state index >= 15 is 0 Å². The van der Waals surface area contributed by atoms with Crippen LogP contribution in [-0.2, 0) is 10.2 Å². The number of amides is 1. The second-order valence-electron chi connectivity index (χ2n) is 8.17. The highest BCUT2D eigenvalue weighted by Crippen LogP contribution is 2.30. The molecule has 0 aliphatic rings. The first-order valence-corrected chi connectivity index (χ1v) is 9.96. The number of benzene rings is 2. The number of ether oxygens (including phenoxy) is 2. The number of para-hydroxylation sites is 1. The van der Waals surface area contributed by atoms with Gasteiger partial charge in [0.25, 0.3) is 5.91 Å². The summed E-state index contributed by atoms with van der Waals surface area (Å²) in [7, 11) is 0. The van der Waals surface area contributed by atoms with Crippen molar-refractivity contribution in [2.24, 2.45) is 0 Å². The molecule has 2 aromatic rings. The van der Waals surface area contributed by atoms with Gasteiger partial charge >= 0.3 is 0 Å². The molecule has 4 nitrogen and oxygen atoms in total. The van der Waals surface area contributed by atoms with Gasteiger partial charge in [-0.05, 0) is 54.5 Å². The predicted molar refractivity (Wildman–Crippen MR) is 114 cm³/mol. The summed E-state index contributed by atoms with van der Waals surface area (Å²) in [5, 5.41) is 2.93. The zero-order valence-corrected chi connectivity index (χ0v) is 18.0. The van der Waals surface area contributed by atoms with E-state index < -0.39 is 6.10 Å². The van der Waals surface area contributed by atoms with Crippen LogP contribution in [0.25, 0.3) is 0 Å². The van der Waals surface area contributed by atoms with Crippen molar-refractivity contribution in [3.8, 4) is 11.5 Å². The van der Waals surface area contributed by atoms with Crippen molar-refractivity contribution in [2.75, 3.05) is 13.2 Å². The lowest BCUT2D eigenvalue weighted by Crippen LogP contribution is -2.40. The van der Waals surface area contributed by atoms with E-state index in [-0.39, 0.29) is 11.3 Å². The Labute approximate surface area is 169 Å². The topological polar surface area (TPSA) is 47.6 Å². The van der Waals surface area contributed by atoms with E-state index in [1.165, 1.54) is 0 Å². The zero-order valence-electron chi connectivity index (χ0n) is 18.0. The molecule has 0 aliphatic heterocycles. The number of nitrogens with one attached hydrogen (secondary N) is 1. The number of rotatable bonds is 8. The van der Waals surface area contributed by atoms with Crippen LogP contribution >= 0.6 is 0 Å². The molecule has 0 saturated carbocycles. The molecule has 0 aromatic heterocycles. The third-order valence-corrected chi connectivity index (χ3v) is 4.63. The van der Waals surface area contributed by atoms with Crippen LogP contribution in [0.1, 0.15) is 50.8 Å². The lowest BCUT2D eigenvalue weighted by Gasteiger charge is -2.23. The molecule has 0 aliphatic carbocycles. The quantitative estimate of drug-likeness (QED) is 0.656. The molecule has 2 aromatic carbocycles. The molecule has 28 heavy (non-hydrogen) atoms. The Morgan fingerprint density at radius 2 is 1.79 bits per heavy atom. The first-order chi connectivity index (χ1) is 13.2. The predicted octanol–water partition coefficient (Wildman–Crippen LogP) is 4.95. The Balaban J connectivity index is 1.89. The summed E-state index contributed by atoms with van der Waals surface area (Å²) in [6, 6.07) is 14.1. The van der Waals surface area contributed by atoms with Gasteiger partial charge in [-0.1, -0.05) is 58.0 Å². The molecule has 4 heteroatoms. The SMILES string of the molecule is CC[C@@H](Oc1cc(C)ccc1C)C(=O)NCCOc1ccccc1C(C)(C)C. The molecular formula is C24H33NO3. The maximum Gasteiger partial charge on any atom is 0.261 e. The van der Waals surface area contributed by atoms with E-state index in [1.807, 2.05) is 57.2 Å². The Hall–Kier alpha value is -2.49. The van der Waals surface area contributed by atoms with Gasteiger partial charge in [0, 0.05) is 0 Å². The van der Waals surface area contributed by atoms with Gasteiger partial charge in [-0.25, -0.2) is 0 Å². The van der Waals surface area contributed by atoms with Crippen molar-refractivity contribution in [3.05, 3.63) is 59.2 Å². The fraction of sp³-hybridized carbons (Fsp3) is 0.458. The summed E-state index contributed by atoms with van der Waals surface area (Å²) < 4.78 is 11.9. The van der Waals surface area contributed by atoms with E-state index in [0.717, 1.165) is 28.2 Å². The van der Waals surface area contributed by atoms with E-state index in [9.17, 15) is 4.79 Å². The van der Waals surface area contributed by atoms with Crippen molar-refractivity contribution in [3.63, 3.8) is 0 Å². The molecule has 0 heterocycles. The van der Waals surface area contributed by atoms with Crippen LogP contribution in [0, 0.1) is 13.8 Å². The van der Waals surface area contributed by atoms with E-state index in [1.54, 1.807) is 0 Å². The van der Waals surface area contributed by atoms with Gasteiger partial charge < -0.3 is 14.8 Å². The summed E-state index contributed by atoms with van der Waals surface area (Å²) >= 11 is 0. The molecule has 1 atom stereocenters. The molecule has 1 amide bonds. The van der Waals surface area contributed by atoms with Crippen LogP contribution in [0.5, 0.6) is 11.5 Å². The molecule has 0 fully saturated rings. The monoisotopic (exact) mass is 383 g/mol. The number of carbonyl (C=O) groups excluding carboxylic acids is 1. The van der Waals surface area contributed by atoms with E-state index in [0.29, 0.717) is 19.6 Å². The average Bonchev–Trinajstić information content (AvgIpc) is 2.65. The molecule has 1 N–H and O–H groups in total. The van der Waals surface area contributed by atoms with Crippen LogP contribution in [0.15, 0.2) is 42.5 Å². The number of aryl methyl sites for hydroxylation is 2. The number of carbonyl (C=O) groups is 1. The van der Waals surface area contributed by atoms with Gasteiger partial charge in [-0.3, -0.25) is 4.79 Å². The van der Waals surface area contributed by atoms with E-state index in [2.05, 4.69) is 32.2 Å². The van der Waals surface area contributed by atoms with Crippen LogP contribution in [0.3, 0.4) is 0 Å². The van der Waals surface area contributed by atoms with Gasteiger partial charge in [0.05, 0.1) is 6.54 Å². The molecule has 0 spiro atoms. The molecule has 0 bridgehead atoms. The smallest absolute Gasteiger partial charge is 0.261 e. The minimum absolute atomic E-state index is 0.00661. The minimum atomic E-state index is -0.512. The fourth-order valence-corrected chi connectivity index (χ4v) is 2.97. The molecule has 2 rings (SSSR count). The third-order valence-electron chi connectivity index (χ3n) is 4.63. The Morgan fingerprint density at radius 3 is 2.46 bits per heavy atom. The molecule has 152 valence electrons. The molecular weight excluding hydrogens is 350 g/mol. The fourth-order valence-electron chi connectivity index (χ4n) is 2.97. The Kier molecular flexibility index (Phi) is 7.50. The van der Waals surface area contributed by atoms with Crippen LogP contribution in [-0.4, -0.2) is 25.2 Å². The number of hydrogen-bond acceptors (Lipinski definition) is 3. The van der Waals surface area contributed by atoms with Gasteiger partial charge in [-0.15, -0.1) is 0 Å². The summed E-state index contributed by atoms with van der Waals surface area (Å²) in [5.74, 6) is 1.51. The third kappa shape index (κ3) is 6.01. The standard InChI is InChI=1S/C24H33NO3/c1-7-20(28-22-16-17(2)12-13-18(22)3)23(26)25-14-15-27-21-11-9-8-10-19(21)24(4,5)6/h8-13,16,20H,7,14-15H2,1-6H3,(H,25,26)/t20-/m1/s1. The van der Waals surface area contributed by atoms with E-state index in [4.69, 9.17) is 9.47 Å². The van der Waals surface area contributed by atoms with Crippen LogP contribution in [0.2, 0.25) is 0 Å². The van der Waals surface area contributed by atoms with Gasteiger partial charge in [0.2, 0.25) is 0 Å². The van der Waals surface area contributed by atoms with Crippen molar-refractivity contribution in [1.29, 1.82) is 0 Å². The summed E-state index contributed by atoms with van der Waals surface area (Å²) in [6.45, 7) is 13.3. The maximum absolute atomic E-state index is 12.5. The van der Waals surface area contributed by atoms with Gasteiger partial charge in [0.15, 0.2) is 6.10 Å². The first kappa shape index (κ1) is 21.8. The summed E-state index contributed by atoms with van der Waals surface area (Å²) in [4.78, 5) is 12.5. The Morgan fingerprint density at radius 1 is 1.07 bits per heavy atom. The highest BCUT2D eigenvalue weighted by Gasteiger charge is 2.20. The Bertz CT molecular complexity index is 793. The van der Waals surface area contributed by atoms with Gasteiger partial charge in [-0.2, -0.15) is 0 Å². The lowest BCUT2D eigenvalue weighted by molar-refractivity contribution is -0.128. The zero-order chi connectivity index (χ0) is 20.7. The number of hydrogen-bond donors (Lipinski definition) is 1. The highest BCUT2D eigenvalue weighted by molar-refractivity contribution is 5.81. The van der Waals surface area contributed by atoms with Gasteiger partial charge in [0.1, 0.15) is 18.1 Å².